The van der Waals surface area contributed by atoms with E-state index in [1.165, 1.54) is 15.8 Å². The highest BCUT2D eigenvalue weighted by molar-refractivity contribution is 7.92. The summed E-state index contributed by atoms with van der Waals surface area (Å²) in [6.07, 6.45) is 3.33. The standard InChI is InChI=1S/C19H22F3N5O2S/c20-19(21,22)16-6-7-18(25-15-16)26-10-12-27(13-11-26)30(28,29)14-3-1-2-5-17-23-8-4-9-24-17/h3-4,6-9,14-15H,1-2,5,10-13H2/b14-3+. The van der Waals surface area contributed by atoms with E-state index in [4.69, 9.17) is 0 Å². The van der Waals surface area contributed by atoms with Gasteiger partial charge in [-0.1, -0.05) is 6.08 Å². The molecule has 2 aromatic rings. The van der Waals surface area contributed by atoms with E-state index in [1.54, 1.807) is 29.4 Å². The Morgan fingerprint density at radius 1 is 1.03 bits per heavy atom. The minimum absolute atomic E-state index is 0.243. The van der Waals surface area contributed by atoms with E-state index < -0.39 is 21.8 Å². The number of alkyl halides is 3. The molecule has 1 aliphatic rings. The van der Waals surface area contributed by atoms with Crippen LogP contribution in [0.4, 0.5) is 19.0 Å². The molecule has 2 aromatic heterocycles. The van der Waals surface area contributed by atoms with Gasteiger partial charge in [0.2, 0.25) is 10.0 Å². The van der Waals surface area contributed by atoms with E-state index in [-0.39, 0.29) is 13.1 Å². The third-order valence-electron chi connectivity index (χ3n) is 4.66. The van der Waals surface area contributed by atoms with Crippen LogP contribution < -0.4 is 4.90 Å². The van der Waals surface area contributed by atoms with Crippen LogP contribution >= 0.6 is 0 Å². The molecule has 0 aromatic carbocycles. The first kappa shape index (κ1) is 22.2. The molecule has 0 spiro atoms. The number of pyridine rings is 1. The lowest BCUT2D eigenvalue weighted by molar-refractivity contribution is -0.137. The predicted molar refractivity (Wildman–Crippen MR) is 106 cm³/mol. The third-order valence-corrected chi connectivity index (χ3v) is 6.28. The second-order valence-corrected chi connectivity index (χ2v) is 8.58. The van der Waals surface area contributed by atoms with Crippen molar-refractivity contribution in [2.24, 2.45) is 0 Å². The average Bonchev–Trinajstić information content (AvgIpc) is 2.74. The normalized spacial score (nSPS) is 16.3. The minimum atomic E-state index is -4.43. The number of anilines is 1. The number of nitrogens with zero attached hydrogens (tertiary/aromatic N) is 5. The molecule has 0 bridgehead atoms. The van der Waals surface area contributed by atoms with Gasteiger partial charge < -0.3 is 4.90 Å². The Bertz CT molecular complexity index is 942. The summed E-state index contributed by atoms with van der Waals surface area (Å²) in [5.74, 6) is 1.13. The van der Waals surface area contributed by atoms with Crippen molar-refractivity contribution in [3.8, 4) is 0 Å². The van der Waals surface area contributed by atoms with Crippen molar-refractivity contribution in [1.29, 1.82) is 0 Å². The molecule has 7 nitrogen and oxygen atoms in total. The quantitative estimate of drug-likeness (QED) is 0.615. The Kier molecular flexibility index (Phi) is 7.03. The summed E-state index contributed by atoms with van der Waals surface area (Å²) < 4.78 is 64.2. The first-order chi connectivity index (χ1) is 14.3. The first-order valence-corrected chi connectivity index (χ1v) is 11.0. The molecule has 1 fully saturated rings. The molecule has 0 saturated carbocycles. The van der Waals surface area contributed by atoms with E-state index in [2.05, 4.69) is 15.0 Å². The topological polar surface area (TPSA) is 79.3 Å². The van der Waals surface area contributed by atoms with Gasteiger partial charge in [0.25, 0.3) is 0 Å². The maximum atomic E-state index is 12.6. The summed E-state index contributed by atoms with van der Waals surface area (Å²) in [6.45, 7) is 1.20. The van der Waals surface area contributed by atoms with Gasteiger partial charge in [-0.25, -0.2) is 23.4 Å². The highest BCUT2D eigenvalue weighted by atomic mass is 32.2. The summed E-state index contributed by atoms with van der Waals surface area (Å²) in [7, 11) is -3.53. The summed E-state index contributed by atoms with van der Waals surface area (Å²) in [6, 6.07) is 4.03. The molecule has 0 atom stereocenters. The number of aryl methyl sites for hydroxylation is 1. The SMILES string of the molecule is O=S(=O)(/C=C/CCCc1ncccn1)N1CCN(c2ccc(C(F)(F)F)cn2)CC1. The molecular weight excluding hydrogens is 419 g/mol. The van der Waals surface area contributed by atoms with Crippen molar-refractivity contribution < 1.29 is 21.6 Å². The lowest BCUT2D eigenvalue weighted by Gasteiger charge is -2.34. The Morgan fingerprint density at radius 3 is 2.33 bits per heavy atom. The van der Waals surface area contributed by atoms with Crippen LogP contribution in [0, 0.1) is 0 Å². The van der Waals surface area contributed by atoms with Gasteiger partial charge in [-0.15, -0.1) is 0 Å². The van der Waals surface area contributed by atoms with Crippen molar-refractivity contribution in [2.45, 2.75) is 25.4 Å². The highest BCUT2D eigenvalue weighted by Gasteiger charge is 2.31. The molecule has 0 aliphatic carbocycles. The number of allylic oxidation sites excluding steroid dienone is 1. The minimum Gasteiger partial charge on any atom is -0.354 e. The molecule has 30 heavy (non-hydrogen) atoms. The molecule has 1 aliphatic heterocycles. The van der Waals surface area contributed by atoms with E-state index in [1.807, 2.05) is 0 Å². The number of sulfonamides is 1. The molecule has 0 radical (unpaired) electrons. The van der Waals surface area contributed by atoms with Gasteiger partial charge in [0.1, 0.15) is 11.6 Å². The number of halogens is 3. The predicted octanol–water partition coefficient (Wildman–Crippen LogP) is 2.88. The zero-order valence-corrected chi connectivity index (χ0v) is 17.0. The number of piperazine rings is 1. The summed E-state index contributed by atoms with van der Waals surface area (Å²) >= 11 is 0. The van der Waals surface area contributed by atoms with Gasteiger partial charge in [-0.2, -0.15) is 17.5 Å². The van der Waals surface area contributed by atoms with Crippen LogP contribution in [-0.4, -0.2) is 53.9 Å². The Hall–Kier alpha value is -2.53. The van der Waals surface area contributed by atoms with Gasteiger partial charge in [-0.05, 0) is 31.0 Å². The van der Waals surface area contributed by atoms with Crippen LogP contribution in [0.25, 0.3) is 0 Å². The number of unbranched alkanes of at least 4 members (excludes halogenated alkanes) is 1. The fourth-order valence-electron chi connectivity index (χ4n) is 3.03. The Balaban J connectivity index is 1.47. The van der Waals surface area contributed by atoms with Gasteiger partial charge in [0.15, 0.2) is 0 Å². The molecular formula is C19H22F3N5O2S. The highest BCUT2D eigenvalue weighted by Crippen LogP contribution is 2.29. The summed E-state index contributed by atoms with van der Waals surface area (Å²) in [5.41, 5.74) is -0.809. The van der Waals surface area contributed by atoms with Gasteiger partial charge >= 0.3 is 6.18 Å². The van der Waals surface area contributed by atoms with Crippen molar-refractivity contribution in [1.82, 2.24) is 19.3 Å². The van der Waals surface area contributed by atoms with Crippen LogP contribution in [-0.2, 0) is 22.6 Å². The molecule has 3 rings (SSSR count). The fraction of sp³-hybridized carbons (Fsp3) is 0.421. The molecule has 0 unspecified atom stereocenters. The lowest BCUT2D eigenvalue weighted by atomic mass is 10.2. The van der Waals surface area contributed by atoms with E-state index in [9.17, 15) is 21.6 Å². The summed E-state index contributed by atoms with van der Waals surface area (Å²) in [4.78, 5) is 13.9. The molecule has 0 N–H and O–H groups in total. The molecule has 11 heteroatoms. The maximum Gasteiger partial charge on any atom is 0.417 e. The smallest absolute Gasteiger partial charge is 0.354 e. The largest absolute Gasteiger partial charge is 0.417 e. The van der Waals surface area contributed by atoms with Crippen LogP contribution in [0.15, 0.2) is 48.3 Å². The van der Waals surface area contributed by atoms with Crippen molar-refractivity contribution in [2.75, 3.05) is 31.1 Å². The molecule has 1 saturated heterocycles. The number of aromatic nitrogens is 3. The van der Waals surface area contributed by atoms with Gasteiger partial charge in [-0.3, -0.25) is 0 Å². The van der Waals surface area contributed by atoms with Crippen LogP contribution in [0.3, 0.4) is 0 Å². The third kappa shape index (κ3) is 5.99. The van der Waals surface area contributed by atoms with Crippen molar-refractivity contribution in [3.63, 3.8) is 0 Å². The lowest BCUT2D eigenvalue weighted by Crippen LogP contribution is -2.48. The number of hydrogen-bond donors (Lipinski definition) is 0. The van der Waals surface area contributed by atoms with Crippen LogP contribution in [0.1, 0.15) is 24.2 Å². The summed E-state index contributed by atoms with van der Waals surface area (Å²) in [5, 5.41) is 1.21. The maximum absolute atomic E-state index is 12.6. The van der Waals surface area contributed by atoms with Crippen molar-refractivity contribution >= 4 is 15.8 Å². The Morgan fingerprint density at radius 2 is 1.73 bits per heavy atom. The van der Waals surface area contributed by atoms with Gasteiger partial charge in [0, 0.05) is 56.6 Å². The second-order valence-electron chi connectivity index (χ2n) is 6.76. The zero-order valence-electron chi connectivity index (χ0n) is 16.2. The van der Waals surface area contributed by atoms with Crippen LogP contribution in [0.5, 0.6) is 0 Å². The van der Waals surface area contributed by atoms with Gasteiger partial charge in [0.05, 0.1) is 5.56 Å². The van der Waals surface area contributed by atoms with E-state index >= 15 is 0 Å². The van der Waals surface area contributed by atoms with Crippen LogP contribution in [0.2, 0.25) is 0 Å². The second kappa shape index (κ2) is 9.52. The molecule has 0 amide bonds. The molecule has 162 valence electrons. The number of rotatable bonds is 7. The fourth-order valence-corrected chi connectivity index (χ4v) is 4.25. The number of hydrogen-bond acceptors (Lipinski definition) is 6. The zero-order chi connectivity index (χ0) is 21.6. The average molecular weight is 441 g/mol. The molecule has 3 heterocycles. The monoisotopic (exact) mass is 441 g/mol. The Labute approximate surface area is 173 Å². The van der Waals surface area contributed by atoms with E-state index in [0.717, 1.165) is 24.5 Å². The van der Waals surface area contributed by atoms with Crippen molar-refractivity contribution in [3.05, 3.63) is 59.7 Å². The van der Waals surface area contributed by atoms with E-state index in [0.29, 0.717) is 31.7 Å². The first-order valence-electron chi connectivity index (χ1n) is 9.46.